The molecule has 3 amide bonds. The Bertz CT molecular complexity index is 1460. The molecule has 0 unspecified atom stereocenters. The molecule has 0 saturated carbocycles. The van der Waals surface area contributed by atoms with E-state index in [0.717, 1.165) is 21.7 Å². The van der Waals surface area contributed by atoms with Crippen LogP contribution in [0.15, 0.2) is 59.1 Å². The summed E-state index contributed by atoms with van der Waals surface area (Å²) < 4.78 is 6.31. The first kappa shape index (κ1) is 23.9. The minimum absolute atomic E-state index is 0.0772. The Kier molecular flexibility index (Phi) is 6.00. The summed E-state index contributed by atoms with van der Waals surface area (Å²) in [4.78, 5) is 54.1. The number of nitrogens with zero attached hydrogens (tertiary/aromatic N) is 2. The third-order valence-corrected chi connectivity index (χ3v) is 7.07. The van der Waals surface area contributed by atoms with E-state index in [9.17, 15) is 19.2 Å². The Balaban J connectivity index is 1.31. The van der Waals surface area contributed by atoms with E-state index in [4.69, 9.17) is 4.74 Å². The molecule has 182 valence electrons. The molecular formula is C28H23BrN2O5. The average molecular weight is 547 g/mol. The summed E-state index contributed by atoms with van der Waals surface area (Å²) >= 11 is 3.34. The summed E-state index contributed by atoms with van der Waals surface area (Å²) in [5, 5.41) is 0. The van der Waals surface area contributed by atoms with Gasteiger partial charge in [-0.15, -0.1) is 0 Å². The smallest absolute Gasteiger partial charge is 0.316 e. The Morgan fingerprint density at radius 1 is 0.861 bits per heavy atom. The molecule has 0 radical (unpaired) electrons. The van der Waals surface area contributed by atoms with Crippen molar-refractivity contribution in [3.8, 4) is 5.75 Å². The van der Waals surface area contributed by atoms with Crippen LogP contribution in [0.1, 0.15) is 43.8 Å². The van der Waals surface area contributed by atoms with Crippen molar-refractivity contribution in [3.05, 3.63) is 86.9 Å². The van der Waals surface area contributed by atoms with Crippen molar-refractivity contribution < 1.29 is 23.9 Å². The molecule has 1 fully saturated rings. The van der Waals surface area contributed by atoms with E-state index < -0.39 is 23.7 Å². The van der Waals surface area contributed by atoms with Crippen LogP contribution in [0, 0.1) is 26.7 Å². The Morgan fingerprint density at radius 3 is 2.28 bits per heavy atom. The summed E-state index contributed by atoms with van der Waals surface area (Å²) in [6, 6.07) is 15.6. The highest BCUT2D eigenvalue weighted by Gasteiger charge is 2.39. The van der Waals surface area contributed by atoms with Crippen molar-refractivity contribution >= 4 is 51.0 Å². The highest BCUT2D eigenvalue weighted by molar-refractivity contribution is 9.10. The molecule has 0 aromatic heterocycles. The van der Waals surface area contributed by atoms with Gasteiger partial charge in [0.15, 0.2) is 0 Å². The first-order valence-electron chi connectivity index (χ1n) is 11.5. The van der Waals surface area contributed by atoms with Gasteiger partial charge in [-0.2, -0.15) is 0 Å². The zero-order valence-corrected chi connectivity index (χ0v) is 21.6. The van der Waals surface area contributed by atoms with Crippen LogP contribution in [-0.4, -0.2) is 30.2 Å². The van der Waals surface area contributed by atoms with E-state index in [-0.39, 0.29) is 24.6 Å². The van der Waals surface area contributed by atoms with Gasteiger partial charge in [0.25, 0.3) is 11.8 Å². The van der Waals surface area contributed by atoms with Crippen LogP contribution in [0.2, 0.25) is 0 Å². The molecule has 8 heteroatoms. The van der Waals surface area contributed by atoms with E-state index in [2.05, 4.69) is 15.9 Å². The van der Waals surface area contributed by atoms with Gasteiger partial charge in [-0.3, -0.25) is 19.2 Å². The lowest BCUT2D eigenvalue weighted by atomic mass is 10.1. The third kappa shape index (κ3) is 4.11. The molecule has 0 N–H and O–H groups in total. The first-order chi connectivity index (χ1) is 17.1. The number of esters is 1. The largest absolute Gasteiger partial charge is 0.426 e. The normalized spacial score (nSPS) is 17.1. The summed E-state index contributed by atoms with van der Waals surface area (Å²) in [5.41, 5.74) is 4.59. The molecule has 2 aliphatic rings. The third-order valence-electron chi connectivity index (χ3n) is 6.58. The second-order valence-corrected chi connectivity index (χ2v) is 10.1. The van der Waals surface area contributed by atoms with Gasteiger partial charge < -0.3 is 9.64 Å². The minimum Gasteiger partial charge on any atom is -0.426 e. The van der Waals surface area contributed by atoms with Gasteiger partial charge in [0.2, 0.25) is 5.91 Å². The number of halogens is 1. The predicted octanol–water partition coefficient (Wildman–Crippen LogP) is 5.13. The van der Waals surface area contributed by atoms with Gasteiger partial charge >= 0.3 is 5.97 Å². The zero-order chi connectivity index (χ0) is 25.7. The quantitative estimate of drug-likeness (QED) is 0.257. The molecule has 3 aromatic rings. The van der Waals surface area contributed by atoms with Crippen molar-refractivity contribution in [2.75, 3.05) is 16.3 Å². The lowest BCUT2D eigenvalue weighted by Gasteiger charge is -2.19. The zero-order valence-electron chi connectivity index (χ0n) is 20.0. The van der Waals surface area contributed by atoms with Gasteiger partial charge in [-0.25, -0.2) is 4.90 Å². The van der Waals surface area contributed by atoms with Crippen LogP contribution in [0.25, 0.3) is 0 Å². The standard InChI is InChI=1S/C28H23BrN2O5/c1-15-4-8-23(16(2)10-15)30-14-18(12-25(30)32)28(35)36-20-6-9-24(17(3)11-20)31-26(33)21-7-5-19(29)13-22(21)27(31)34/h4-11,13,18H,12,14H2,1-3H3/t18-/m1/s1. The number of ether oxygens (including phenoxy) is 1. The fourth-order valence-corrected chi connectivity index (χ4v) is 5.14. The lowest BCUT2D eigenvalue weighted by Crippen LogP contribution is -2.30. The van der Waals surface area contributed by atoms with Crippen LogP contribution in [0.5, 0.6) is 5.75 Å². The number of benzene rings is 3. The van der Waals surface area contributed by atoms with Crippen molar-refractivity contribution in [3.63, 3.8) is 0 Å². The average Bonchev–Trinajstić information content (AvgIpc) is 3.32. The molecule has 36 heavy (non-hydrogen) atoms. The van der Waals surface area contributed by atoms with E-state index in [1.807, 2.05) is 32.0 Å². The number of carbonyl (C=O) groups excluding carboxylic acids is 4. The van der Waals surface area contributed by atoms with Crippen LogP contribution in [0.3, 0.4) is 0 Å². The second kappa shape index (κ2) is 9.02. The van der Waals surface area contributed by atoms with Crippen molar-refractivity contribution in [1.29, 1.82) is 0 Å². The van der Waals surface area contributed by atoms with Crippen LogP contribution >= 0.6 is 15.9 Å². The SMILES string of the molecule is Cc1ccc(N2C[C@H](C(=O)Oc3ccc(N4C(=O)c5ccc(Br)cc5C4=O)c(C)c3)CC2=O)c(C)c1. The minimum atomic E-state index is -0.590. The first-order valence-corrected chi connectivity index (χ1v) is 12.3. The maximum absolute atomic E-state index is 12.9. The highest BCUT2D eigenvalue weighted by Crippen LogP contribution is 2.34. The van der Waals surface area contributed by atoms with Crippen LogP contribution in [-0.2, 0) is 9.59 Å². The number of carbonyl (C=O) groups is 4. The van der Waals surface area contributed by atoms with Crippen LogP contribution < -0.4 is 14.5 Å². The summed E-state index contributed by atoms with van der Waals surface area (Å²) in [6.07, 6.45) is 0.0772. The fourth-order valence-electron chi connectivity index (χ4n) is 4.78. The van der Waals surface area contributed by atoms with Crippen molar-refractivity contribution in [2.45, 2.75) is 27.2 Å². The number of anilines is 2. The molecule has 1 atom stereocenters. The maximum Gasteiger partial charge on any atom is 0.316 e. The molecule has 5 rings (SSSR count). The van der Waals surface area contributed by atoms with E-state index >= 15 is 0 Å². The predicted molar refractivity (Wildman–Crippen MR) is 138 cm³/mol. The highest BCUT2D eigenvalue weighted by atomic mass is 79.9. The van der Waals surface area contributed by atoms with Gasteiger partial charge in [0.05, 0.1) is 22.7 Å². The number of fused-ring (bicyclic) bond motifs is 1. The van der Waals surface area contributed by atoms with Crippen LogP contribution in [0.4, 0.5) is 11.4 Å². The number of imide groups is 1. The molecule has 2 aliphatic heterocycles. The van der Waals surface area contributed by atoms with E-state index in [1.165, 1.54) is 0 Å². The fraction of sp³-hybridized carbons (Fsp3) is 0.214. The summed E-state index contributed by atoms with van der Waals surface area (Å²) in [5.74, 6) is -1.71. The number of amides is 3. The van der Waals surface area contributed by atoms with Crippen molar-refractivity contribution in [2.24, 2.45) is 5.92 Å². The molecule has 3 aromatic carbocycles. The monoisotopic (exact) mass is 546 g/mol. The second-order valence-electron chi connectivity index (χ2n) is 9.20. The molecule has 0 bridgehead atoms. The number of rotatable bonds is 4. The summed E-state index contributed by atoms with van der Waals surface area (Å²) in [6.45, 7) is 5.93. The van der Waals surface area contributed by atoms with Gasteiger partial charge in [0, 0.05) is 23.1 Å². The molecule has 7 nitrogen and oxygen atoms in total. The number of aryl methyl sites for hydroxylation is 3. The van der Waals surface area contributed by atoms with Gasteiger partial charge in [-0.05, 0) is 74.4 Å². The Hall–Kier alpha value is -3.78. The summed E-state index contributed by atoms with van der Waals surface area (Å²) in [7, 11) is 0. The topological polar surface area (TPSA) is 84.0 Å². The maximum atomic E-state index is 12.9. The van der Waals surface area contributed by atoms with Crippen molar-refractivity contribution in [1.82, 2.24) is 0 Å². The molecular weight excluding hydrogens is 524 g/mol. The molecule has 2 heterocycles. The number of hydrogen-bond acceptors (Lipinski definition) is 5. The Morgan fingerprint density at radius 2 is 1.56 bits per heavy atom. The molecule has 0 spiro atoms. The van der Waals surface area contributed by atoms with E-state index in [1.54, 1.807) is 48.2 Å². The van der Waals surface area contributed by atoms with Gasteiger partial charge in [-0.1, -0.05) is 33.6 Å². The van der Waals surface area contributed by atoms with Gasteiger partial charge in [0.1, 0.15) is 5.75 Å². The number of hydrogen-bond donors (Lipinski definition) is 0. The molecule has 1 saturated heterocycles. The Labute approximate surface area is 216 Å². The lowest BCUT2D eigenvalue weighted by molar-refractivity contribution is -0.139. The molecule has 0 aliphatic carbocycles. The van der Waals surface area contributed by atoms with E-state index in [0.29, 0.717) is 26.9 Å².